The van der Waals surface area contributed by atoms with Gasteiger partial charge in [-0.05, 0) is 48.9 Å². The summed E-state index contributed by atoms with van der Waals surface area (Å²) in [7, 11) is 1.66. The summed E-state index contributed by atoms with van der Waals surface area (Å²) in [6.45, 7) is 2.00. The summed E-state index contributed by atoms with van der Waals surface area (Å²) in [5.74, 6) is 0.863. The molecule has 0 fully saturated rings. The maximum absolute atomic E-state index is 5.79. The van der Waals surface area contributed by atoms with Crippen molar-refractivity contribution in [2.45, 2.75) is 6.92 Å². The number of methoxy groups -OCH3 is 1. The highest BCUT2D eigenvalue weighted by Crippen LogP contribution is 2.25. The van der Waals surface area contributed by atoms with E-state index in [1.54, 1.807) is 11.8 Å². The van der Waals surface area contributed by atoms with E-state index in [-0.39, 0.29) is 0 Å². The van der Waals surface area contributed by atoms with Gasteiger partial charge in [-0.25, -0.2) is 4.68 Å². The Morgan fingerprint density at radius 1 is 1.14 bits per heavy atom. The van der Waals surface area contributed by atoms with Crippen LogP contribution in [0.4, 0.5) is 5.69 Å². The third kappa shape index (κ3) is 2.58. The third-order valence-corrected chi connectivity index (χ3v) is 3.32. The predicted octanol–water partition coefficient (Wildman–Crippen LogP) is 2.83. The molecule has 0 saturated carbocycles. The van der Waals surface area contributed by atoms with Crippen LogP contribution in [0.15, 0.2) is 48.7 Å². The molecule has 2 aromatic carbocycles. The van der Waals surface area contributed by atoms with Gasteiger partial charge in [0.2, 0.25) is 0 Å². The van der Waals surface area contributed by atoms with Crippen LogP contribution in [0, 0.1) is 6.92 Å². The van der Waals surface area contributed by atoms with Crippen LogP contribution in [0.3, 0.4) is 0 Å². The second-order valence-corrected chi connectivity index (χ2v) is 4.83. The second kappa shape index (κ2) is 5.28. The molecule has 0 radical (unpaired) electrons. The molecule has 0 spiro atoms. The van der Waals surface area contributed by atoms with Crippen LogP contribution in [0.5, 0.6) is 5.75 Å². The number of ether oxygens (including phenoxy) is 1. The van der Waals surface area contributed by atoms with E-state index >= 15 is 0 Å². The Kier molecular flexibility index (Phi) is 3.31. The minimum absolute atomic E-state index is 0.699. The SMILES string of the molecule is COc1ccc(-c2cn(-c3cccc(N)c3)nn2)cc1C. The van der Waals surface area contributed by atoms with Crippen LogP contribution in [-0.4, -0.2) is 22.1 Å². The standard InChI is InChI=1S/C16H16N4O/c1-11-8-12(6-7-16(11)21-2)15-10-20(19-18-15)14-5-3-4-13(17)9-14/h3-10H,17H2,1-2H3. The van der Waals surface area contributed by atoms with E-state index in [0.29, 0.717) is 5.69 Å². The first-order chi connectivity index (χ1) is 10.2. The highest BCUT2D eigenvalue weighted by atomic mass is 16.5. The van der Waals surface area contributed by atoms with Gasteiger partial charge >= 0.3 is 0 Å². The maximum Gasteiger partial charge on any atom is 0.121 e. The van der Waals surface area contributed by atoms with Gasteiger partial charge in [0.25, 0.3) is 0 Å². The zero-order valence-electron chi connectivity index (χ0n) is 11.9. The van der Waals surface area contributed by atoms with Crippen molar-refractivity contribution in [2.24, 2.45) is 0 Å². The van der Waals surface area contributed by atoms with Crippen LogP contribution in [0.2, 0.25) is 0 Å². The van der Waals surface area contributed by atoms with E-state index in [1.165, 1.54) is 0 Å². The number of nitrogens with two attached hydrogens (primary N) is 1. The molecule has 5 heteroatoms. The largest absolute Gasteiger partial charge is 0.496 e. The Labute approximate surface area is 123 Å². The number of hydrogen-bond donors (Lipinski definition) is 1. The molecule has 0 aliphatic carbocycles. The molecule has 3 aromatic rings. The summed E-state index contributed by atoms with van der Waals surface area (Å²) >= 11 is 0. The molecule has 5 nitrogen and oxygen atoms in total. The van der Waals surface area contributed by atoms with Gasteiger partial charge in [-0.1, -0.05) is 11.3 Å². The van der Waals surface area contributed by atoms with E-state index < -0.39 is 0 Å². The number of nitrogen functional groups attached to an aromatic ring is 1. The Hall–Kier alpha value is -2.82. The van der Waals surface area contributed by atoms with Gasteiger partial charge in [0.15, 0.2) is 0 Å². The Bertz CT molecular complexity index is 779. The summed E-state index contributed by atoms with van der Waals surface area (Å²) < 4.78 is 6.98. The molecule has 3 rings (SSSR count). The predicted molar refractivity (Wildman–Crippen MR) is 82.5 cm³/mol. The molecule has 0 unspecified atom stereocenters. The normalized spacial score (nSPS) is 10.6. The molecule has 2 N–H and O–H groups in total. The summed E-state index contributed by atoms with van der Waals surface area (Å²) in [6.07, 6.45) is 1.88. The molecular weight excluding hydrogens is 264 g/mol. The monoisotopic (exact) mass is 280 g/mol. The van der Waals surface area contributed by atoms with Gasteiger partial charge in [0.1, 0.15) is 11.4 Å². The Balaban J connectivity index is 1.96. The molecule has 0 amide bonds. The van der Waals surface area contributed by atoms with Gasteiger partial charge in [0.05, 0.1) is 19.0 Å². The maximum atomic E-state index is 5.79. The van der Waals surface area contributed by atoms with Crippen molar-refractivity contribution in [1.29, 1.82) is 0 Å². The molecule has 0 aliphatic heterocycles. The van der Waals surface area contributed by atoms with Gasteiger partial charge in [-0.3, -0.25) is 0 Å². The lowest BCUT2D eigenvalue weighted by molar-refractivity contribution is 0.412. The number of aromatic nitrogens is 3. The zero-order valence-corrected chi connectivity index (χ0v) is 11.9. The van der Waals surface area contributed by atoms with Crippen LogP contribution in [0.1, 0.15) is 5.56 Å². The van der Waals surface area contributed by atoms with Crippen molar-refractivity contribution in [1.82, 2.24) is 15.0 Å². The van der Waals surface area contributed by atoms with E-state index in [2.05, 4.69) is 10.3 Å². The Morgan fingerprint density at radius 3 is 2.71 bits per heavy atom. The van der Waals surface area contributed by atoms with Crippen LogP contribution in [0.25, 0.3) is 16.9 Å². The average molecular weight is 280 g/mol. The molecule has 21 heavy (non-hydrogen) atoms. The molecule has 1 aromatic heterocycles. The molecule has 1 heterocycles. The van der Waals surface area contributed by atoms with Gasteiger partial charge in [-0.2, -0.15) is 0 Å². The van der Waals surface area contributed by atoms with Crippen LogP contribution < -0.4 is 10.5 Å². The average Bonchev–Trinajstić information content (AvgIpc) is 2.97. The van der Waals surface area contributed by atoms with Crippen molar-refractivity contribution >= 4 is 5.69 Å². The highest BCUT2D eigenvalue weighted by Gasteiger charge is 2.07. The number of anilines is 1. The first kappa shape index (κ1) is 13.2. The van der Waals surface area contributed by atoms with Crippen LogP contribution in [-0.2, 0) is 0 Å². The number of rotatable bonds is 3. The minimum Gasteiger partial charge on any atom is -0.496 e. The number of hydrogen-bond acceptors (Lipinski definition) is 4. The second-order valence-electron chi connectivity index (χ2n) is 4.83. The first-order valence-corrected chi connectivity index (χ1v) is 6.60. The number of nitrogens with zero attached hydrogens (tertiary/aromatic N) is 3. The highest BCUT2D eigenvalue weighted by molar-refractivity contribution is 5.61. The van der Waals surface area contributed by atoms with E-state index in [9.17, 15) is 0 Å². The molecular formula is C16H16N4O. The lowest BCUT2D eigenvalue weighted by Crippen LogP contribution is -1.95. The van der Waals surface area contributed by atoms with Crippen molar-refractivity contribution < 1.29 is 4.74 Å². The van der Waals surface area contributed by atoms with E-state index in [4.69, 9.17) is 10.5 Å². The van der Waals surface area contributed by atoms with Gasteiger partial charge in [0, 0.05) is 11.3 Å². The summed E-state index contributed by atoms with van der Waals surface area (Å²) in [5.41, 5.74) is 10.3. The van der Waals surface area contributed by atoms with Gasteiger partial charge in [-0.15, -0.1) is 5.10 Å². The lowest BCUT2D eigenvalue weighted by Gasteiger charge is -2.05. The van der Waals surface area contributed by atoms with Crippen molar-refractivity contribution in [3.8, 4) is 22.7 Å². The van der Waals surface area contributed by atoms with Crippen molar-refractivity contribution in [2.75, 3.05) is 12.8 Å². The minimum atomic E-state index is 0.699. The van der Waals surface area contributed by atoms with Crippen molar-refractivity contribution in [3.05, 3.63) is 54.2 Å². The Morgan fingerprint density at radius 2 is 2.00 bits per heavy atom. The molecule has 106 valence electrons. The summed E-state index contributed by atoms with van der Waals surface area (Å²) in [4.78, 5) is 0. The molecule has 0 saturated heterocycles. The number of aryl methyl sites for hydroxylation is 1. The molecule has 0 aliphatic rings. The van der Waals surface area contributed by atoms with E-state index in [0.717, 1.165) is 28.3 Å². The third-order valence-electron chi connectivity index (χ3n) is 3.32. The first-order valence-electron chi connectivity index (χ1n) is 6.60. The smallest absolute Gasteiger partial charge is 0.121 e. The fraction of sp³-hybridized carbons (Fsp3) is 0.125. The topological polar surface area (TPSA) is 66.0 Å². The fourth-order valence-corrected chi connectivity index (χ4v) is 2.23. The lowest BCUT2D eigenvalue weighted by atomic mass is 10.1. The quantitative estimate of drug-likeness (QED) is 0.749. The fourth-order valence-electron chi connectivity index (χ4n) is 2.23. The van der Waals surface area contributed by atoms with E-state index in [1.807, 2.05) is 55.6 Å². The van der Waals surface area contributed by atoms with Crippen molar-refractivity contribution in [3.63, 3.8) is 0 Å². The molecule has 0 atom stereocenters. The zero-order chi connectivity index (χ0) is 14.8. The van der Waals surface area contributed by atoms with Gasteiger partial charge < -0.3 is 10.5 Å². The molecule has 0 bridgehead atoms. The summed E-state index contributed by atoms with van der Waals surface area (Å²) in [6, 6.07) is 13.5. The van der Waals surface area contributed by atoms with Crippen LogP contribution >= 0.6 is 0 Å². The summed E-state index contributed by atoms with van der Waals surface area (Å²) in [5, 5.41) is 8.38. The number of benzene rings is 2.